The molecule has 0 radical (unpaired) electrons. The Balaban J connectivity index is 2.00. The number of rotatable bonds is 16. The van der Waals surface area contributed by atoms with Crippen molar-refractivity contribution < 1.29 is 9.59 Å². The van der Waals surface area contributed by atoms with Gasteiger partial charge in [-0.05, 0) is 19.8 Å². The molecule has 0 aromatic carbocycles. The third kappa shape index (κ3) is 9.01. The minimum atomic E-state index is 0.260. The molecule has 2 unspecified atom stereocenters. The lowest BCUT2D eigenvalue weighted by Gasteiger charge is -2.37. The Morgan fingerprint density at radius 3 is 2.20 bits per heavy atom. The second kappa shape index (κ2) is 14.5. The second-order valence-electron chi connectivity index (χ2n) is 7.65. The number of aliphatic hydroxyl groups excluding tert-OH is 1. The second-order valence-corrected chi connectivity index (χ2v) is 7.65. The Bertz CT molecular complexity index is 367. The molecule has 1 N–H and O–H groups in total. The predicted octanol–water partition coefficient (Wildman–Crippen LogP) is 5.48. The number of nitrogens with zero attached hydrogens (tertiary/aromatic N) is 2. The van der Waals surface area contributed by atoms with Crippen LogP contribution < -0.4 is 0 Å². The first-order valence-corrected chi connectivity index (χ1v) is 10.9. The highest BCUT2D eigenvalue weighted by Crippen LogP contribution is 2.22. The van der Waals surface area contributed by atoms with Crippen LogP contribution in [0.3, 0.4) is 0 Å². The minimum absolute atomic E-state index is 0.260. The van der Waals surface area contributed by atoms with Crippen LogP contribution in [-0.2, 0) is 0 Å². The van der Waals surface area contributed by atoms with Gasteiger partial charge in [0.25, 0.3) is 0 Å². The zero-order chi connectivity index (χ0) is 18.2. The quantitative estimate of drug-likeness (QED) is 0.223. The molecule has 3 heteroatoms. The summed E-state index contributed by atoms with van der Waals surface area (Å²) in [6.07, 6.45) is 23.3. The van der Waals surface area contributed by atoms with Gasteiger partial charge in [0.15, 0.2) is 6.17 Å². The Morgan fingerprint density at radius 1 is 0.960 bits per heavy atom. The van der Waals surface area contributed by atoms with E-state index in [1.165, 1.54) is 70.6 Å². The summed E-state index contributed by atoms with van der Waals surface area (Å²) in [5.41, 5.74) is 0. The zero-order valence-electron chi connectivity index (χ0n) is 17.0. The van der Waals surface area contributed by atoms with Crippen LogP contribution >= 0.6 is 0 Å². The highest BCUT2D eigenvalue weighted by Gasteiger charge is 2.36. The van der Waals surface area contributed by atoms with Crippen molar-refractivity contribution in [2.45, 2.75) is 97.1 Å². The first kappa shape index (κ1) is 22.4. The maximum atomic E-state index is 9.34. The Kier molecular flexibility index (Phi) is 13.0. The van der Waals surface area contributed by atoms with E-state index in [1.807, 2.05) is 0 Å². The number of allylic oxidation sites excluding steroid dienone is 1. The van der Waals surface area contributed by atoms with Crippen LogP contribution in [-0.4, -0.2) is 48.2 Å². The third-order valence-electron chi connectivity index (χ3n) is 5.77. The van der Waals surface area contributed by atoms with Gasteiger partial charge in [-0.3, -0.25) is 4.48 Å². The maximum Gasteiger partial charge on any atom is 0.186 e. The number of aliphatic imine (C=N–C) groups is 1. The SMILES string of the molecule is CCCCCCCCCCCC/C=C/CC1N=CC[N+]1(CC)CCO. The van der Waals surface area contributed by atoms with Crippen LogP contribution in [0.1, 0.15) is 90.9 Å². The van der Waals surface area contributed by atoms with Crippen molar-refractivity contribution in [2.75, 3.05) is 26.2 Å². The predicted molar refractivity (Wildman–Crippen MR) is 110 cm³/mol. The summed E-state index contributed by atoms with van der Waals surface area (Å²) in [6, 6.07) is 0. The van der Waals surface area contributed by atoms with Gasteiger partial charge >= 0.3 is 0 Å². The summed E-state index contributed by atoms with van der Waals surface area (Å²) < 4.78 is 0.930. The van der Waals surface area contributed by atoms with E-state index in [9.17, 15) is 5.11 Å². The summed E-state index contributed by atoms with van der Waals surface area (Å²) in [5, 5.41) is 9.34. The van der Waals surface area contributed by atoms with Gasteiger partial charge < -0.3 is 5.11 Å². The van der Waals surface area contributed by atoms with E-state index in [0.717, 1.165) is 30.5 Å². The van der Waals surface area contributed by atoms with Crippen LogP contribution in [0.25, 0.3) is 0 Å². The molecule has 0 saturated heterocycles. The Labute approximate surface area is 156 Å². The van der Waals surface area contributed by atoms with Crippen LogP contribution in [0.2, 0.25) is 0 Å². The van der Waals surface area contributed by atoms with E-state index < -0.39 is 0 Å². The number of aliphatic hydroxyl groups is 1. The molecular formula is C22H43N2O+. The van der Waals surface area contributed by atoms with Crippen LogP contribution in [0, 0.1) is 0 Å². The van der Waals surface area contributed by atoms with Crippen molar-refractivity contribution in [3.8, 4) is 0 Å². The van der Waals surface area contributed by atoms with Crippen LogP contribution in [0.5, 0.6) is 0 Å². The van der Waals surface area contributed by atoms with E-state index in [2.05, 4.69) is 37.2 Å². The number of unbranched alkanes of at least 4 members (excludes halogenated alkanes) is 10. The van der Waals surface area contributed by atoms with E-state index in [4.69, 9.17) is 0 Å². The topological polar surface area (TPSA) is 32.6 Å². The zero-order valence-corrected chi connectivity index (χ0v) is 17.0. The first-order valence-electron chi connectivity index (χ1n) is 10.9. The summed E-state index contributed by atoms with van der Waals surface area (Å²) in [7, 11) is 0. The molecule has 1 aliphatic rings. The lowest BCUT2D eigenvalue weighted by atomic mass is 10.1. The van der Waals surface area contributed by atoms with Crippen molar-refractivity contribution in [1.82, 2.24) is 0 Å². The highest BCUT2D eigenvalue weighted by atomic mass is 16.3. The summed E-state index contributed by atoms with van der Waals surface area (Å²) in [4.78, 5) is 4.66. The molecule has 1 aliphatic heterocycles. The van der Waals surface area contributed by atoms with Crippen molar-refractivity contribution in [1.29, 1.82) is 0 Å². The first-order chi connectivity index (χ1) is 12.3. The lowest BCUT2D eigenvalue weighted by Crippen LogP contribution is -2.53. The summed E-state index contributed by atoms with van der Waals surface area (Å²) in [5.74, 6) is 0. The third-order valence-corrected chi connectivity index (χ3v) is 5.77. The molecule has 1 rings (SSSR count). The molecule has 0 spiro atoms. The molecule has 0 bridgehead atoms. The monoisotopic (exact) mass is 351 g/mol. The molecule has 0 aliphatic carbocycles. The molecule has 2 atom stereocenters. The van der Waals surface area contributed by atoms with Crippen molar-refractivity contribution in [3.05, 3.63) is 12.2 Å². The normalized spacial score (nSPS) is 23.1. The average molecular weight is 352 g/mol. The number of quaternary nitrogens is 1. The molecule has 0 fully saturated rings. The molecule has 146 valence electrons. The summed E-state index contributed by atoms with van der Waals surface area (Å²) in [6.45, 7) is 7.61. The van der Waals surface area contributed by atoms with Gasteiger partial charge in [0.05, 0.1) is 19.4 Å². The van der Waals surface area contributed by atoms with Crippen LogP contribution in [0.4, 0.5) is 0 Å². The van der Waals surface area contributed by atoms with Crippen LogP contribution in [0.15, 0.2) is 17.1 Å². The van der Waals surface area contributed by atoms with Gasteiger partial charge in [0, 0.05) is 6.42 Å². The number of likely N-dealkylation sites (N-methyl/N-ethyl adjacent to an activating group) is 1. The van der Waals surface area contributed by atoms with Gasteiger partial charge in [-0.25, -0.2) is 4.99 Å². The van der Waals surface area contributed by atoms with Gasteiger partial charge in [-0.1, -0.05) is 76.9 Å². The van der Waals surface area contributed by atoms with E-state index in [0.29, 0.717) is 6.17 Å². The fourth-order valence-electron chi connectivity index (χ4n) is 3.90. The molecule has 0 aromatic rings. The van der Waals surface area contributed by atoms with Crippen molar-refractivity contribution in [2.24, 2.45) is 4.99 Å². The van der Waals surface area contributed by atoms with Crippen molar-refractivity contribution in [3.63, 3.8) is 0 Å². The molecule has 3 nitrogen and oxygen atoms in total. The molecule has 0 aromatic heterocycles. The molecule has 0 saturated carbocycles. The smallest absolute Gasteiger partial charge is 0.186 e. The number of hydrogen-bond acceptors (Lipinski definition) is 2. The highest BCUT2D eigenvalue weighted by molar-refractivity contribution is 5.60. The fraction of sp³-hybridized carbons (Fsp3) is 0.864. The molecule has 1 heterocycles. The van der Waals surface area contributed by atoms with Gasteiger partial charge in [0.1, 0.15) is 13.1 Å². The number of hydrogen-bond donors (Lipinski definition) is 1. The fourth-order valence-corrected chi connectivity index (χ4v) is 3.90. The van der Waals surface area contributed by atoms with Gasteiger partial charge in [-0.15, -0.1) is 0 Å². The van der Waals surface area contributed by atoms with E-state index >= 15 is 0 Å². The minimum Gasteiger partial charge on any atom is -0.391 e. The average Bonchev–Trinajstić information content (AvgIpc) is 3.02. The molecule has 25 heavy (non-hydrogen) atoms. The van der Waals surface area contributed by atoms with Gasteiger partial charge in [-0.2, -0.15) is 0 Å². The van der Waals surface area contributed by atoms with E-state index in [1.54, 1.807) is 0 Å². The largest absolute Gasteiger partial charge is 0.391 e. The van der Waals surface area contributed by atoms with Crippen molar-refractivity contribution >= 4 is 6.21 Å². The summed E-state index contributed by atoms with van der Waals surface area (Å²) >= 11 is 0. The standard InChI is InChI=1S/C22H43N2O/c1-3-5-6-7-8-9-10-11-12-13-14-15-16-17-22-23-18-19-24(22,4-2)20-21-25/h15-16,18,22,25H,3-14,17,19-21H2,1-2H3/q+1/b16-15+. The maximum absolute atomic E-state index is 9.34. The van der Waals surface area contributed by atoms with Gasteiger partial charge in [0.2, 0.25) is 0 Å². The Hall–Kier alpha value is -0.670. The Morgan fingerprint density at radius 2 is 1.60 bits per heavy atom. The molecular weight excluding hydrogens is 308 g/mol. The van der Waals surface area contributed by atoms with E-state index in [-0.39, 0.29) is 6.61 Å². The molecule has 0 amide bonds. The lowest BCUT2D eigenvalue weighted by molar-refractivity contribution is -0.935.